The van der Waals surface area contributed by atoms with Crippen LogP contribution in [0, 0.1) is 0 Å². The van der Waals surface area contributed by atoms with Gasteiger partial charge in [-0.1, -0.05) is 6.07 Å². The van der Waals surface area contributed by atoms with E-state index in [-0.39, 0.29) is 5.78 Å². The van der Waals surface area contributed by atoms with Crippen LogP contribution in [0.15, 0.2) is 24.4 Å². The first-order valence-corrected chi connectivity index (χ1v) is 5.74. The lowest BCUT2D eigenvalue weighted by Gasteiger charge is -2.09. The molecule has 0 N–H and O–H groups in total. The van der Waals surface area contributed by atoms with Crippen molar-refractivity contribution in [1.82, 2.24) is 4.57 Å². The van der Waals surface area contributed by atoms with E-state index in [9.17, 15) is 4.79 Å². The molecule has 3 heteroatoms. The first-order chi connectivity index (χ1) is 8.06. The van der Waals surface area contributed by atoms with Crippen LogP contribution in [0.25, 0.3) is 10.9 Å². The number of hydrogen-bond donors (Lipinski definition) is 0. The minimum Gasteiger partial charge on any atom is -0.496 e. The Morgan fingerprint density at radius 3 is 2.59 bits per heavy atom. The van der Waals surface area contributed by atoms with Gasteiger partial charge in [0.05, 0.1) is 18.0 Å². The van der Waals surface area contributed by atoms with Crippen LogP contribution in [0.3, 0.4) is 0 Å². The smallest absolute Gasteiger partial charge is 0.162 e. The van der Waals surface area contributed by atoms with Crippen LogP contribution in [0.1, 0.15) is 37.2 Å². The zero-order valence-electron chi connectivity index (χ0n) is 10.7. The average molecular weight is 231 g/mol. The quantitative estimate of drug-likeness (QED) is 0.758. The SMILES string of the molecule is COc1cccc2c1c(C(C)=O)cn2C(C)C. The summed E-state index contributed by atoms with van der Waals surface area (Å²) in [7, 11) is 1.63. The van der Waals surface area contributed by atoms with E-state index >= 15 is 0 Å². The molecule has 90 valence electrons. The Morgan fingerprint density at radius 1 is 1.35 bits per heavy atom. The van der Waals surface area contributed by atoms with Gasteiger partial charge in [0.15, 0.2) is 5.78 Å². The molecule has 17 heavy (non-hydrogen) atoms. The fourth-order valence-corrected chi connectivity index (χ4v) is 2.14. The van der Waals surface area contributed by atoms with Gasteiger partial charge in [-0.25, -0.2) is 0 Å². The van der Waals surface area contributed by atoms with Crippen molar-refractivity contribution in [2.75, 3.05) is 7.11 Å². The van der Waals surface area contributed by atoms with E-state index in [1.54, 1.807) is 14.0 Å². The highest BCUT2D eigenvalue weighted by atomic mass is 16.5. The average Bonchev–Trinajstić information content (AvgIpc) is 2.68. The van der Waals surface area contributed by atoms with Crippen LogP contribution >= 0.6 is 0 Å². The molecule has 0 saturated carbocycles. The third-order valence-corrected chi connectivity index (χ3v) is 2.98. The Labute approximate surface area is 101 Å². The maximum absolute atomic E-state index is 11.7. The minimum absolute atomic E-state index is 0.0684. The summed E-state index contributed by atoms with van der Waals surface area (Å²) in [6, 6.07) is 6.17. The number of hydrogen-bond acceptors (Lipinski definition) is 2. The van der Waals surface area contributed by atoms with Crippen LogP contribution in [0.5, 0.6) is 5.75 Å². The largest absolute Gasteiger partial charge is 0.496 e. The molecular formula is C14H17NO2. The molecule has 2 rings (SSSR count). The molecule has 3 nitrogen and oxygen atoms in total. The Hall–Kier alpha value is -1.77. The van der Waals surface area contributed by atoms with Gasteiger partial charge in [-0.05, 0) is 32.9 Å². The third-order valence-electron chi connectivity index (χ3n) is 2.98. The predicted molar refractivity (Wildman–Crippen MR) is 68.9 cm³/mol. The standard InChI is InChI=1S/C14H17NO2/c1-9(2)15-8-11(10(3)16)14-12(15)6-5-7-13(14)17-4/h5-9H,1-4H3. The lowest BCUT2D eigenvalue weighted by Crippen LogP contribution is -1.98. The van der Waals surface area contributed by atoms with Gasteiger partial charge in [-0.15, -0.1) is 0 Å². The Kier molecular flexibility index (Phi) is 2.92. The second kappa shape index (κ2) is 4.24. The Balaban J connectivity index is 2.86. The highest BCUT2D eigenvalue weighted by molar-refractivity contribution is 6.09. The molecule has 0 atom stereocenters. The lowest BCUT2D eigenvalue weighted by atomic mass is 10.1. The van der Waals surface area contributed by atoms with Gasteiger partial charge in [-0.3, -0.25) is 4.79 Å². The molecule has 1 aromatic heterocycles. The summed E-state index contributed by atoms with van der Waals surface area (Å²) < 4.78 is 7.45. The summed E-state index contributed by atoms with van der Waals surface area (Å²) >= 11 is 0. The molecule has 1 heterocycles. The number of ketones is 1. The molecule has 0 aliphatic heterocycles. The summed E-state index contributed by atoms with van der Waals surface area (Å²) in [5, 5.41) is 0.913. The summed E-state index contributed by atoms with van der Waals surface area (Å²) in [6.45, 7) is 5.79. The second-order valence-electron chi connectivity index (χ2n) is 4.45. The molecule has 0 aliphatic carbocycles. The molecule has 0 amide bonds. The van der Waals surface area contributed by atoms with Crippen LogP contribution in [-0.4, -0.2) is 17.5 Å². The summed E-state index contributed by atoms with van der Waals surface area (Å²) in [5.74, 6) is 0.825. The molecule has 0 unspecified atom stereocenters. The number of ether oxygens (including phenoxy) is 1. The van der Waals surface area contributed by atoms with E-state index < -0.39 is 0 Å². The number of fused-ring (bicyclic) bond motifs is 1. The molecular weight excluding hydrogens is 214 g/mol. The van der Waals surface area contributed by atoms with E-state index in [0.717, 1.165) is 22.2 Å². The lowest BCUT2D eigenvalue weighted by molar-refractivity contribution is 0.101. The van der Waals surface area contributed by atoms with Crippen molar-refractivity contribution in [2.45, 2.75) is 26.8 Å². The number of carbonyl (C=O) groups is 1. The predicted octanol–water partition coefficient (Wildman–Crippen LogP) is 3.43. The zero-order valence-corrected chi connectivity index (χ0v) is 10.7. The number of aromatic nitrogens is 1. The number of Topliss-reactive ketones (excluding diaryl/α,β-unsaturated/α-hetero) is 1. The zero-order chi connectivity index (χ0) is 12.6. The van der Waals surface area contributed by atoms with Crippen molar-refractivity contribution < 1.29 is 9.53 Å². The van der Waals surface area contributed by atoms with Crippen LogP contribution in [0.4, 0.5) is 0 Å². The minimum atomic E-state index is 0.0684. The van der Waals surface area contributed by atoms with Gasteiger partial charge in [0.2, 0.25) is 0 Å². The highest BCUT2D eigenvalue weighted by Crippen LogP contribution is 2.32. The van der Waals surface area contributed by atoms with Crippen molar-refractivity contribution in [3.8, 4) is 5.75 Å². The number of carbonyl (C=O) groups excluding carboxylic acids is 1. The summed E-state index contributed by atoms with van der Waals surface area (Å²) in [4.78, 5) is 11.7. The van der Waals surface area contributed by atoms with Crippen LogP contribution in [0.2, 0.25) is 0 Å². The van der Waals surface area contributed by atoms with Crippen molar-refractivity contribution in [3.63, 3.8) is 0 Å². The summed E-state index contributed by atoms with van der Waals surface area (Å²) in [6.07, 6.45) is 1.92. The fraction of sp³-hybridized carbons (Fsp3) is 0.357. The van der Waals surface area contributed by atoms with E-state index in [1.165, 1.54) is 0 Å². The van der Waals surface area contributed by atoms with Gasteiger partial charge in [0.1, 0.15) is 5.75 Å². The highest BCUT2D eigenvalue weighted by Gasteiger charge is 2.16. The first-order valence-electron chi connectivity index (χ1n) is 5.74. The first kappa shape index (κ1) is 11.7. The van der Waals surface area contributed by atoms with Gasteiger partial charge in [0, 0.05) is 17.8 Å². The summed E-state index contributed by atoms with van der Waals surface area (Å²) in [5.41, 5.74) is 1.77. The molecule has 0 spiro atoms. The molecule has 0 bridgehead atoms. The molecule has 2 aromatic rings. The maximum Gasteiger partial charge on any atom is 0.162 e. The van der Waals surface area contributed by atoms with E-state index in [0.29, 0.717) is 6.04 Å². The monoisotopic (exact) mass is 231 g/mol. The van der Waals surface area contributed by atoms with Crippen LogP contribution < -0.4 is 4.74 Å². The van der Waals surface area contributed by atoms with Crippen molar-refractivity contribution >= 4 is 16.7 Å². The Bertz CT molecular complexity index is 567. The third kappa shape index (κ3) is 1.82. The molecule has 1 aromatic carbocycles. The van der Waals surface area contributed by atoms with Gasteiger partial charge in [-0.2, -0.15) is 0 Å². The number of rotatable bonds is 3. The molecule has 0 aliphatic rings. The molecule has 0 fully saturated rings. The number of benzene rings is 1. The van der Waals surface area contributed by atoms with E-state index in [2.05, 4.69) is 18.4 Å². The van der Waals surface area contributed by atoms with Crippen molar-refractivity contribution in [2.24, 2.45) is 0 Å². The van der Waals surface area contributed by atoms with Crippen LogP contribution in [-0.2, 0) is 0 Å². The molecule has 0 saturated heterocycles. The van der Waals surface area contributed by atoms with Crippen molar-refractivity contribution in [1.29, 1.82) is 0 Å². The topological polar surface area (TPSA) is 31.2 Å². The number of nitrogens with zero attached hydrogens (tertiary/aromatic N) is 1. The second-order valence-corrected chi connectivity index (χ2v) is 4.45. The van der Waals surface area contributed by atoms with Gasteiger partial charge in [0.25, 0.3) is 0 Å². The number of methoxy groups -OCH3 is 1. The normalized spacial score (nSPS) is 11.1. The van der Waals surface area contributed by atoms with E-state index in [4.69, 9.17) is 4.74 Å². The van der Waals surface area contributed by atoms with Gasteiger partial charge < -0.3 is 9.30 Å². The fourth-order valence-electron chi connectivity index (χ4n) is 2.14. The van der Waals surface area contributed by atoms with Gasteiger partial charge >= 0.3 is 0 Å². The van der Waals surface area contributed by atoms with Crippen molar-refractivity contribution in [3.05, 3.63) is 30.0 Å². The van der Waals surface area contributed by atoms with E-state index in [1.807, 2.05) is 24.4 Å². The Morgan fingerprint density at radius 2 is 2.06 bits per heavy atom. The maximum atomic E-state index is 11.7. The molecule has 0 radical (unpaired) electrons.